The lowest BCUT2D eigenvalue weighted by atomic mass is 10.2. The van der Waals surface area contributed by atoms with Crippen LogP contribution in [0.25, 0.3) is 6.08 Å². The molecule has 29 heavy (non-hydrogen) atoms. The fraction of sp³-hybridized carbons (Fsp3) is 0.0952. The van der Waals surface area contributed by atoms with E-state index in [0.717, 1.165) is 10.4 Å². The van der Waals surface area contributed by atoms with E-state index < -0.39 is 0 Å². The number of amidine groups is 1. The van der Waals surface area contributed by atoms with Crippen molar-refractivity contribution >= 4 is 46.5 Å². The maximum Gasteiger partial charge on any atom is 0.267 e. The maximum atomic E-state index is 12.9. The first kappa shape index (κ1) is 19.2. The van der Waals surface area contributed by atoms with Gasteiger partial charge >= 0.3 is 0 Å². The number of thiophene rings is 1. The second kappa shape index (κ2) is 8.93. The third-order valence-electron chi connectivity index (χ3n) is 4.08. The Balaban J connectivity index is 1.62. The molecule has 1 fully saturated rings. The highest BCUT2D eigenvalue weighted by Gasteiger charge is 2.34. The van der Waals surface area contributed by atoms with Crippen molar-refractivity contribution in [2.24, 2.45) is 10.2 Å². The predicted molar refractivity (Wildman–Crippen MR) is 117 cm³/mol. The van der Waals surface area contributed by atoms with Crippen molar-refractivity contribution in [1.82, 2.24) is 4.90 Å². The van der Waals surface area contributed by atoms with Crippen LogP contribution >= 0.6 is 23.1 Å². The molecular formula is C21H17N3O3S2. The molecule has 0 saturated carbocycles. The number of carbonyl (C=O) groups excluding carboxylic acids is 1. The van der Waals surface area contributed by atoms with Crippen LogP contribution in [-0.2, 0) is 11.3 Å². The molecule has 0 atom stereocenters. The summed E-state index contributed by atoms with van der Waals surface area (Å²) in [4.78, 5) is 16.1. The molecule has 0 bridgehead atoms. The summed E-state index contributed by atoms with van der Waals surface area (Å²) in [6.45, 7) is 0.295. The van der Waals surface area contributed by atoms with Crippen molar-refractivity contribution < 1.29 is 13.9 Å². The van der Waals surface area contributed by atoms with Crippen LogP contribution in [0.4, 0.5) is 0 Å². The molecule has 1 aliphatic heterocycles. The van der Waals surface area contributed by atoms with Gasteiger partial charge in [-0.25, -0.2) is 0 Å². The third kappa shape index (κ3) is 4.49. The Kier molecular flexibility index (Phi) is 5.92. The number of ether oxygens (including phenoxy) is 1. The van der Waals surface area contributed by atoms with Crippen LogP contribution in [0.1, 0.15) is 16.2 Å². The maximum absolute atomic E-state index is 12.9. The van der Waals surface area contributed by atoms with Crippen molar-refractivity contribution in [3.8, 4) is 5.75 Å². The first-order valence-electron chi connectivity index (χ1n) is 8.76. The molecule has 0 N–H and O–H groups in total. The second-order valence-electron chi connectivity index (χ2n) is 5.97. The molecule has 1 aliphatic rings. The van der Waals surface area contributed by atoms with E-state index in [1.54, 1.807) is 41.9 Å². The lowest BCUT2D eigenvalue weighted by Gasteiger charge is -2.12. The molecule has 3 aromatic rings. The number of hydrogen-bond acceptors (Lipinski definition) is 7. The summed E-state index contributed by atoms with van der Waals surface area (Å²) in [6.07, 6.45) is 5.07. The normalized spacial score (nSPS) is 17.1. The fourth-order valence-corrected chi connectivity index (χ4v) is 4.35. The van der Waals surface area contributed by atoms with Gasteiger partial charge in [0.15, 0.2) is 5.17 Å². The van der Waals surface area contributed by atoms with Crippen molar-refractivity contribution in [1.29, 1.82) is 0 Å². The summed E-state index contributed by atoms with van der Waals surface area (Å²) in [6, 6.07) is 15.1. The Labute approximate surface area is 176 Å². The molecule has 0 spiro atoms. The summed E-state index contributed by atoms with van der Waals surface area (Å²) >= 11 is 2.88. The van der Waals surface area contributed by atoms with Crippen molar-refractivity contribution in [3.05, 3.63) is 81.3 Å². The van der Waals surface area contributed by atoms with Gasteiger partial charge in [0.2, 0.25) is 0 Å². The monoisotopic (exact) mass is 423 g/mol. The van der Waals surface area contributed by atoms with Crippen LogP contribution < -0.4 is 4.74 Å². The summed E-state index contributed by atoms with van der Waals surface area (Å²) < 4.78 is 10.7. The molecule has 4 rings (SSSR count). The van der Waals surface area contributed by atoms with E-state index >= 15 is 0 Å². The van der Waals surface area contributed by atoms with Gasteiger partial charge in [0.1, 0.15) is 11.5 Å². The smallest absolute Gasteiger partial charge is 0.267 e. The molecule has 0 aliphatic carbocycles. The number of para-hydroxylation sites is 1. The lowest BCUT2D eigenvalue weighted by Crippen LogP contribution is -2.28. The van der Waals surface area contributed by atoms with Crippen LogP contribution in [0.15, 0.2) is 79.7 Å². The number of carbonyl (C=O) groups is 1. The standard InChI is InChI=1S/C21H17N3O3S2/c1-26-18-9-3-2-6-15(18)13-22-23-21-24(14-16-7-4-10-27-16)20(25)19(29-21)12-17-8-5-11-28-17/h2-13H,14H2,1H3/b19-12-,22-13+,23-21-. The molecular weight excluding hydrogens is 406 g/mol. The first-order valence-corrected chi connectivity index (χ1v) is 10.5. The zero-order chi connectivity index (χ0) is 20.1. The van der Waals surface area contributed by atoms with E-state index in [-0.39, 0.29) is 5.91 Å². The molecule has 1 aromatic carbocycles. The highest BCUT2D eigenvalue weighted by Crippen LogP contribution is 2.34. The van der Waals surface area contributed by atoms with Crippen LogP contribution in [0.3, 0.4) is 0 Å². The van der Waals surface area contributed by atoms with E-state index in [2.05, 4.69) is 10.2 Å². The number of furan rings is 1. The fourth-order valence-electron chi connectivity index (χ4n) is 2.70. The van der Waals surface area contributed by atoms with Crippen molar-refractivity contribution in [2.75, 3.05) is 7.11 Å². The van der Waals surface area contributed by atoms with E-state index in [1.165, 1.54) is 11.8 Å². The molecule has 0 unspecified atom stereocenters. The molecule has 1 amide bonds. The van der Waals surface area contributed by atoms with E-state index in [4.69, 9.17) is 9.15 Å². The average molecular weight is 424 g/mol. The highest BCUT2D eigenvalue weighted by atomic mass is 32.2. The number of hydrogen-bond donors (Lipinski definition) is 0. The number of rotatable bonds is 6. The van der Waals surface area contributed by atoms with Crippen LogP contribution in [0, 0.1) is 0 Å². The summed E-state index contributed by atoms with van der Waals surface area (Å²) in [5, 5.41) is 11.0. The van der Waals surface area contributed by atoms with Crippen molar-refractivity contribution in [2.45, 2.75) is 6.54 Å². The summed E-state index contributed by atoms with van der Waals surface area (Å²) in [7, 11) is 1.61. The zero-order valence-corrected chi connectivity index (χ0v) is 17.2. The Bertz CT molecular complexity index is 1070. The Morgan fingerprint density at radius 2 is 2.07 bits per heavy atom. The van der Waals surface area contributed by atoms with Gasteiger partial charge in [-0.1, -0.05) is 18.2 Å². The molecule has 146 valence electrons. The minimum absolute atomic E-state index is 0.119. The minimum Gasteiger partial charge on any atom is -0.496 e. The number of amides is 1. The van der Waals surface area contributed by atoms with Gasteiger partial charge in [-0.3, -0.25) is 9.69 Å². The van der Waals surface area contributed by atoms with Gasteiger partial charge in [0, 0.05) is 10.4 Å². The minimum atomic E-state index is -0.119. The Hall–Kier alpha value is -3.10. The average Bonchev–Trinajstić information content (AvgIpc) is 3.49. The first-order chi connectivity index (χ1) is 14.2. The SMILES string of the molecule is COc1ccccc1/C=N/N=C1\S/C(=C\c2cccs2)C(=O)N1Cc1ccco1. The van der Waals surface area contributed by atoms with Gasteiger partial charge in [0.05, 0.1) is 31.0 Å². The summed E-state index contributed by atoms with van der Waals surface area (Å²) in [5.74, 6) is 1.26. The molecule has 6 nitrogen and oxygen atoms in total. The number of methoxy groups -OCH3 is 1. The topological polar surface area (TPSA) is 67.4 Å². The van der Waals surface area contributed by atoms with Gasteiger partial charge in [0.25, 0.3) is 5.91 Å². The number of thioether (sulfide) groups is 1. The van der Waals surface area contributed by atoms with E-state index in [9.17, 15) is 4.79 Å². The summed E-state index contributed by atoms with van der Waals surface area (Å²) in [5.41, 5.74) is 0.806. The highest BCUT2D eigenvalue weighted by molar-refractivity contribution is 8.18. The molecule has 8 heteroatoms. The number of nitrogens with zero attached hydrogens (tertiary/aromatic N) is 3. The van der Waals surface area contributed by atoms with E-state index in [1.807, 2.05) is 53.9 Å². The quantitative estimate of drug-likeness (QED) is 0.323. The Morgan fingerprint density at radius 3 is 2.83 bits per heavy atom. The largest absolute Gasteiger partial charge is 0.496 e. The van der Waals surface area contributed by atoms with Crippen LogP contribution in [0.5, 0.6) is 5.75 Å². The third-order valence-corrected chi connectivity index (χ3v) is 5.89. The Morgan fingerprint density at radius 1 is 1.17 bits per heavy atom. The van der Waals surface area contributed by atoms with E-state index in [0.29, 0.717) is 28.1 Å². The van der Waals surface area contributed by atoms with Gasteiger partial charge < -0.3 is 9.15 Å². The number of benzene rings is 1. The lowest BCUT2D eigenvalue weighted by molar-refractivity contribution is -0.122. The molecule has 0 radical (unpaired) electrons. The predicted octanol–water partition coefficient (Wildman–Crippen LogP) is 4.86. The zero-order valence-electron chi connectivity index (χ0n) is 15.5. The van der Waals surface area contributed by atoms with Gasteiger partial charge in [-0.2, -0.15) is 5.10 Å². The molecule has 3 heterocycles. The van der Waals surface area contributed by atoms with Crippen molar-refractivity contribution in [3.63, 3.8) is 0 Å². The van der Waals surface area contributed by atoms with Gasteiger partial charge in [-0.05, 0) is 53.5 Å². The van der Waals surface area contributed by atoms with Crippen LogP contribution in [-0.4, -0.2) is 29.3 Å². The molecule has 1 saturated heterocycles. The van der Waals surface area contributed by atoms with Gasteiger partial charge in [-0.15, -0.1) is 16.4 Å². The van der Waals surface area contributed by atoms with Crippen LogP contribution in [0.2, 0.25) is 0 Å². The second-order valence-corrected chi connectivity index (χ2v) is 7.95. The molecule has 2 aromatic heterocycles.